The summed E-state index contributed by atoms with van der Waals surface area (Å²) in [5.41, 5.74) is 4.20. The minimum absolute atomic E-state index is 0. The van der Waals surface area contributed by atoms with Crippen molar-refractivity contribution in [3.63, 3.8) is 0 Å². The molecule has 218 valence electrons. The van der Waals surface area contributed by atoms with Crippen molar-refractivity contribution in [2.24, 2.45) is 0 Å². The molecule has 2 aromatic heterocycles. The summed E-state index contributed by atoms with van der Waals surface area (Å²) in [6.07, 6.45) is 1.83. The molecule has 10 heteroatoms. The number of hydrogen-bond acceptors (Lipinski definition) is 6. The Morgan fingerprint density at radius 2 is 1.70 bits per heavy atom. The van der Waals surface area contributed by atoms with Gasteiger partial charge in [-0.1, -0.05) is 67.5 Å². The SMILES string of the molecule is CCCc1nc(CC)c(-c2ccc(OC(C)C)cc2F)c(=O)n1Cc1ccc(-c2ccccc2-c2noc(=O)[nH]2)cc1.[KH]. The van der Waals surface area contributed by atoms with Gasteiger partial charge < -0.3 is 4.74 Å². The Morgan fingerprint density at radius 3 is 2.30 bits per heavy atom. The number of halogens is 1. The van der Waals surface area contributed by atoms with Gasteiger partial charge >= 0.3 is 57.1 Å². The van der Waals surface area contributed by atoms with Gasteiger partial charge in [-0.3, -0.25) is 18.9 Å². The number of benzene rings is 3. The molecule has 0 fully saturated rings. The standard InChI is InChI=1S/C33H33FN4O4.K.H/c1-5-9-29-35-28(6-2)30(26-17-16-23(18-27(26)34)41-20(3)4)32(39)38(29)19-21-12-14-22(15-13-21)24-10-7-8-11-25(24)31-36-33(40)42-37-31;;/h7-8,10-18,20H,5-6,9,19H2,1-4H3,(H,36,37,40);;. The quantitative estimate of drug-likeness (QED) is 0.202. The van der Waals surface area contributed by atoms with Gasteiger partial charge in [0.25, 0.3) is 5.56 Å². The number of hydrogen-bond donors (Lipinski definition) is 1. The summed E-state index contributed by atoms with van der Waals surface area (Å²) in [6, 6.07) is 20.0. The Morgan fingerprint density at radius 1 is 0.977 bits per heavy atom. The number of nitrogens with zero attached hydrogens (tertiary/aromatic N) is 3. The zero-order valence-electron chi connectivity index (χ0n) is 24.1. The van der Waals surface area contributed by atoms with Crippen LogP contribution in [0.15, 0.2) is 80.8 Å². The third-order valence-corrected chi connectivity index (χ3v) is 6.94. The van der Waals surface area contributed by atoms with Gasteiger partial charge in [0.05, 0.1) is 23.9 Å². The molecule has 0 saturated carbocycles. The van der Waals surface area contributed by atoms with E-state index in [1.54, 1.807) is 16.7 Å². The van der Waals surface area contributed by atoms with Crippen LogP contribution in [-0.4, -0.2) is 77.2 Å². The molecule has 3 aromatic carbocycles. The first-order valence-electron chi connectivity index (χ1n) is 14.1. The molecule has 2 heterocycles. The fraction of sp³-hybridized carbons (Fsp3) is 0.273. The Hall–Kier alpha value is -3.15. The van der Waals surface area contributed by atoms with Crippen LogP contribution >= 0.6 is 0 Å². The second-order valence-electron chi connectivity index (χ2n) is 10.3. The molecule has 0 aliphatic rings. The van der Waals surface area contributed by atoms with Gasteiger partial charge in [0.15, 0.2) is 5.82 Å². The van der Waals surface area contributed by atoms with Gasteiger partial charge in [-0.2, -0.15) is 0 Å². The van der Waals surface area contributed by atoms with Gasteiger partial charge in [0, 0.05) is 23.6 Å². The topological polar surface area (TPSA) is 103 Å². The van der Waals surface area contributed by atoms with Crippen molar-refractivity contribution >= 4 is 51.4 Å². The Balaban J connectivity index is 0.00000423. The van der Waals surface area contributed by atoms with Crippen LogP contribution in [0.5, 0.6) is 5.75 Å². The normalized spacial score (nSPS) is 11.0. The molecule has 0 aliphatic heterocycles. The summed E-state index contributed by atoms with van der Waals surface area (Å²) in [5, 5.41) is 3.83. The van der Waals surface area contributed by atoms with Crippen LogP contribution < -0.4 is 16.1 Å². The van der Waals surface area contributed by atoms with Crippen LogP contribution in [0.2, 0.25) is 0 Å². The Labute approximate surface area is 291 Å². The molecule has 0 bridgehead atoms. The van der Waals surface area contributed by atoms with Crippen LogP contribution in [0.25, 0.3) is 33.6 Å². The maximum absolute atomic E-state index is 15.4. The summed E-state index contributed by atoms with van der Waals surface area (Å²) in [4.78, 5) is 33.0. The molecule has 0 unspecified atom stereocenters. The monoisotopic (exact) mass is 608 g/mol. The van der Waals surface area contributed by atoms with Crippen molar-refractivity contribution in [2.45, 2.75) is 59.6 Å². The van der Waals surface area contributed by atoms with E-state index in [1.807, 2.05) is 76.2 Å². The zero-order chi connectivity index (χ0) is 29.8. The fourth-order valence-corrected chi connectivity index (χ4v) is 5.06. The number of H-pyrrole nitrogens is 1. The van der Waals surface area contributed by atoms with E-state index in [9.17, 15) is 9.59 Å². The zero-order valence-corrected chi connectivity index (χ0v) is 24.1. The fourth-order valence-electron chi connectivity index (χ4n) is 5.06. The summed E-state index contributed by atoms with van der Waals surface area (Å²) in [5.74, 6) is 0.295. The second kappa shape index (κ2) is 14.5. The van der Waals surface area contributed by atoms with Crippen LogP contribution in [0.4, 0.5) is 4.39 Å². The van der Waals surface area contributed by atoms with Gasteiger partial charge in [0.1, 0.15) is 17.4 Å². The van der Waals surface area contributed by atoms with E-state index in [2.05, 4.69) is 10.1 Å². The number of ether oxygens (including phenoxy) is 1. The molecule has 0 atom stereocenters. The molecule has 0 saturated heterocycles. The van der Waals surface area contributed by atoms with Gasteiger partial charge in [0.2, 0.25) is 0 Å². The van der Waals surface area contributed by atoms with E-state index >= 15 is 4.39 Å². The summed E-state index contributed by atoms with van der Waals surface area (Å²) in [7, 11) is 0. The van der Waals surface area contributed by atoms with Crippen molar-refractivity contribution in [2.75, 3.05) is 0 Å². The van der Waals surface area contributed by atoms with Crippen molar-refractivity contribution < 1.29 is 13.7 Å². The van der Waals surface area contributed by atoms with E-state index < -0.39 is 11.6 Å². The average Bonchev–Trinajstić information content (AvgIpc) is 3.41. The van der Waals surface area contributed by atoms with Gasteiger partial charge in [-0.25, -0.2) is 14.2 Å². The van der Waals surface area contributed by atoms with Crippen molar-refractivity contribution in [3.05, 3.63) is 111 Å². The van der Waals surface area contributed by atoms with Crippen LogP contribution in [-0.2, 0) is 19.4 Å². The third kappa shape index (κ3) is 7.33. The second-order valence-corrected chi connectivity index (χ2v) is 10.3. The average molecular weight is 609 g/mol. The first-order chi connectivity index (χ1) is 20.3. The minimum atomic E-state index is -0.620. The van der Waals surface area contributed by atoms with Crippen LogP contribution in [0.3, 0.4) is 0 Å². The van der Waals surface area contributed by atoms with Crippen LogP contribution in [0, 0.1) is 5.82 Å². The Kier molecular flexibility index (Phi) is 11.1. The molecule has 5 rings (SSSR count). The predicted octanol–water partition coefficient (Wildman–Crippen LogP) is 5.76. The maximum atomic E-state index is 15.4. The number of aryl methyl sites for hydroxylation is 2. The molecular weight excluding hydrogens is 574 g/mol. The first-order valence-corrected chi connectivity index (χ1v) is 14.1. The molecule has 5 aromatic rings. The Bertz CT molecular complexity index is 1830. The van der Waals surface area contributed by atoms with Gasteiger partial charge in [-0.05, 0) is 55.5 Å². The van der Waals surface area contributed by atoms with E-state index in [1.165, 1.54) is 6.07 Å². The summed E-state index contributed by atoms with van der Waals surface area (Å²) in [6.45, 7) is 8.00. The van der Waals surface area contributed by atoms with Gasteiger partial charge in [-0.15, -0.1) is 0 Å². The number of aromatic amines is 1. The first kappa shape index (κ1) is 32.8. The molecule has 0 amide bonds. The molecule has 0 radical (unpaired) electrons. The molecular formula is C33H34FKN4O4. The van der Waals surface area contributed by atoms with E-state index in [4.69, 9.17) is 14.2 Å². The van der Waals surface area contributed by atoms with Crippen molar-refractivity contribution in [1.29, 1.82) is 0 Å². The van der Waals surface area contributed by atoms with E-state index in [0.29, 0.717) is 35.9 Å². The van der Waals surface area contributed by atoms with Crippen molar-refractivity contribution in [1.82, 2.24) is 19.7 Å². The predicted molar refractivity (Wildman–Crippen MR) is 167 cm³/mol. The third-order valence-electron chi connectivity index (χ3n) is 6.94. The number of nitrogens with one attached hydrogen (secondary N) is 1. The van der Waals surface area contributed by atoms with Crippen LogP contribution in [0.1, 0.15) is 51.2 Å². The molecule has 8 nitrogen and oxygen atoms in total. The summed E-state index contributed by atoms with van der Waals surface area (Å²) < 4.78 is 27.4. The van der Waals surface area contributed by atoms with E-state index in [0.717, 1.165) is 28.7 Å². The number of aromatic nitrogens is 4. The molecule has 0 aliphatic carbocycles. The molecule has 43 heavy (non-hydrogen) atoms. The molecule has 1 N–H and O–H groups in total. The van der Waals surface area contributed by atoms with E-state index in [-0.39, 0.29) is 80.7 Å². The number of rotatable bonds is 10. The molecule has 0 spiro atoms. The summed E-state index contributed by atoms with van der Waals surface area (Å²) >= 11 is 0. The van der Waals surface area contributed by atoms with Crippen molar-refractivity contribution in [3.8, 4) is 39.4 Å².